The molecule has 0 saturated carbocycles. The lowest BCUT2D eigenvalue weighted by Gasteiger charge is -2.31. The molecule has 0 bridgehead atoms. The Balaban J connectivity index is 1.13. The third kappa shape index (κ3) is 5.45. The standard InChI is InChI=1S/C41H42FN3O6Si/c1-26-38(52(2,3)42)36(23-37(47)43-21-11-14-29(43)25-46)51-41(26)31-16-5-6-17-32(31)44(40(41)49)24-27-12-10-13-28(22-27)45-33-18-7-9-20-35(33)50-34-19-8-4-15-30(34)39(45)48/h4-10,12-13,15-20,22,26,29,36,38,46H,11,14,21,23-25H2,1-3H3/t26-,29-,36+,38-,41+/m0/s1. The molecule has 11 heteroatoms. The summed E-state index contributed by atoms with van der Waals surface area (Å²) in [4.78, 5) is 47.7. The number of hydrogen-bond acceptors (Lipinski definition) is 6. The van der Waals surface area contributed by atoms with Gasteiger partial charge in [-0.05, 0) is 74.0 Å². The van der Waals surface area contributed by atoms with Gasteiger partial charge < -0.3 is 28.5 Å². The highest BCUT2D eigenvalue weighted by molar-refractivity contribution is 6.72. The normalized spacial score (nSPS) is 25.2. The molecule has 4 aliphatic heterocycles. The van der Waals surface area contributed by atoms with Crippen LogP contribution in [0, 0.1) is 5.92 Å². The summed E-state index contributed by atoms with van der Waals surface area (Å²) in [5, 5.41) is 9.88. The number of anilines is 3. The molecule has 1 N–H and O–H groups in total. The van der Waals surface area contributed by atoms with Crippen LogP contribution in [0.3, 0.4) is 0 Å². The molecule has 2 saturated heterocycles. The fraction of sp³-hybridized carbons (Fsp3) is 0.341. The van der Waals surface area contributed by atoms with Crippen molar-refractivity contribution < 1.29 is 33.1 Å². The second-order valence-electron chi connectivity index (χ2n) is 14.8. The van der Waals surface area contributed by atoms with E-state index >= 15 is 4.11 Å². The van der Waals surface area contributed by atoms with Crippen molar-refractivity contribution in [2.45, 2.75) is 69.1 Å². The van der Waals surface area contributed by atoms with Crippen LogP contribution >= 0.6 is 0 Å². The van der Waals surface area contributed by atoms with Gasteiger partial charge in [-0.2, -0.15) is 0 Å². The quantitative estimate of drug-likeness (QED) is 0.157. The van der Waals surface area contributed by atoms with E-state index in [-0.39, 0.29) is 43.3 Å². The summed E-state index contributed by atoms with van der Waals surface area (Å²) < 4.78 is 29.4. The molecule has 4 aliphatic rings. The first-order valence-corrected chi connectivity index (χ1v) is 21.0. The number of aliphatic hydroxyl groups is 1. The maximum atomic E-state index is 16.4. The van der Waals surface area contributed by atoms with Crippen molar-refractivity contribution in [2.24, 2.45) is 5.92 Å². The van der Waals surface area contributed by atoms with Gasteiger partial charge in [0.25, 0.3) is 11.8 Å². The fourth-order valence-corrected chi connectivity index (χ4v) is 11.5. The molecule has 0 unspecified atom stereocenters. The lowest BCUT2D eigenvalue weighted by molar-refractivity contribution is -0.150. The van der Waals surface area contributed by atoms with Crippen LogP contribution in [-0.4, -0.2) is 61.4 Å². The molecule has 8 rings (SSSR count). The van der Waals surface area contributed by atoms with Crippen molar-refractivity contribution in [2.75, 3.05) is 23.0 Å². The zero-order chi connectivity index (χ0) is 36.4. The van der Waals surface area contributed by atoms with Crippen LogP contribution in [0.4, 0.5) is 21.2 Å². The number of ether oxygens (including phenoxy) is 2. The van der Waals surface area contributed by atoms with Crippen LogP contribution in [0.2, 0.25) is 18.6 Å². The average molecular weight is 720 g/mol. The summed E-state index contributed by atoms with van der Waals surface area (Å²) >= 11 is 0. The van der Waals surface area contributed by atoms with Gasteiger partial charge in [-0.3, -0.25) is 19.3 Å². The molecule has 268 valence electrons. The van der Waals surface area contributed by atoms with E-state index in [2.05, 4.69) is 0 Å². The third-order valence-electron chi connectivity index (χ3n) is 11.3. The maximum Gasteiger partial charge on any atom is 0.266 e. The van der Waals surface area contributed by atoms with Gasteiger partial charge in [0, 0.05) is 29.3 Å². The van der Waals surface area contributed by atoms with Gasteiger partial charge in [-0.25, -0.2) is 0 Å². The largest absolute Gasteiger partial charge is 0.454 e. The molecular formula is C41H42FN3O6Si. The van der Waals surface area contributed by atoms with Gasteiger partial charge in [0.1, 0.15) is 5.75 Å². The van der Waals surface area contributed by atoms with Gasteiger partial charge >= 0.3 is 0 Å². The fourth-order valence-electron chi connectivity index (χ4n) is 9.04. The molecular weight excluding hydrogens is 678 g/mol. The molecule has 3 amide bonds. The smallest absolute Gasteiger partial charge is 0.266 e. The Morgan fingerprint density at radius 1 is 0.942 bits per heavy atom. The van der Waals surface area contributed by atoms with Crippen molar-refractivity contribution in [3.05, 3.63) is 114 Å². The first-order valence-electron chi connectivity index (χ1n) is 18.0. The van der Waals surface area contributed by atoms with Crippen LogP contribution in [0.5, 0.6) is 11.5 Å². The predicted molar refractivity (Wildman–Crippen MR) is 198 cm³/mol. The van der Waals surface area contributed by atoms with E-state index in [0.29, 0.717) is 46.2 Å². The Morgan fingerprint density at radius 3 is 2.42 bits per heavy atom. The number of fused-ring (bicyclic) bond motifs is 4. The number of rotatable bonds is 7. The summed E-state index contributed by atoms with van der Waals surface area (Å²) in [6.45, 7) is 5.74. The van der Waals surface area contributed by atoms with Crippen LogP contribution in [0.15, 0.2) is 97.1 Å². The number of amides is 3. The van der Waals surface area contributed by atoms with Crippen LogP contribution in [0.1, 0.15) is 47.7 Å². The summed E-state index contributed by atoms with van der Waals surface area (Å²) in [5.74, 6) is -0.239. The van der Waals surface area contributed by atoms with Gasteiger partial charge in [-0.15, -0.1) is 0 Å². The van der Waals surface area contributed by atoms with E-state index in [1.54, 1.807) is 46.0 Å². The molecule has 4 heterocycles. The van der Waals surface area contributed by atoms with Gasteiger partial charge in [0.15, 0.2) is 11.4 Å². The Hall–Kier alpha value is -4.84. The monoisotopic (exact) mass is 719 g/mol. The molecule has 4 aromatic rings. The number of carbonyl (C=O) groups excluding carboxylic acids is 3. The molecule has 0 radical (unpaired) electrons. The summed E-state index contributed by atoms with van der Waals surface area (Å²) in [7, 11) is -3.48. The maximum absolute atomic E-state index is 16.4. The zero-order valence-corrected chi connectivity index (χ0v) is 30.5. The highest BCUT2D eigenvalue weighted by atomic mass is 28.4. The molecule has 4 aromatic carbocycles. The number of para-hydroxylation sites is 4. The van der Waals surface area contributed by atoms with Crippen molar-refractivity contribution in [1.29, 1.82) is 0 Å². The number of nitrogens with zero attached hydrogens (tertiary/aromatic N) is 3. The zero-order valence-electron chi connectivity index (χ0n) is 29.5. The molecule has 0 aromatic heterocycles. The van der Waals surface area contributed by atoms with E-state index in [4.69, 9.17) is 9.47 Å². The van der Waals surface area contributed by atoms with E-state index in [9.17, 15) is 19.5 Å². The molecule has 5 atom stereocenters. The second-order valence-corrected chi connectivity index (χ2v) is 18.6. The second kappa shape index (κ2) is 13.0. The van der Waals surface area contributed by atoms with Gasteiger partial charge in [-0.1, -0.05) is 61.5 Å². The van der Waals surface area contributed by atoms with E-state index in [1.165, 1.54) is 0 Å². The Bertz CT molecular complexity index is 2070. The topological polar surface area (TPSA) is 99.6 Å². The number of halogens is 1. The van der Waals surface area contributed by atoms with E-state index in [1.807, 2.05) is 85.8 Å². The molecule has 0 aliphatic carbocycles. The van der Waals surface area contributed by atoms with Gasteiger partial charge in [0.2, 0.25) is 14.3 Å². The molecule has 9 nitrogen and oxygen atoms in total. The molecule has 52 heavy (non-hydrogen) atoms. The Kier molecular flexibility index (Phi) is 8.55. The lowest BCUT2D eigenvalue weighted by atomic mass is 9.82. The molecule has 2 fully saturated rings. The highest BCUT2D eigenvalue weighted by Gasteiger charge is 2.67. The number of aliphatic hydroxyl groups excluding tert-OH is 1. The Labute approximate surface area is 303 Å². The minimum Gasteiger partial charge on any atom is -0.454 e. The van der Waals surface area contributed by atoms with Crippen molar-refractivity contribution >= 4 is 43.2 Å². The first kappa shape index (κ1) is 34.3. The van der Waals surface area contributed by atoms with Crippen molar-refractivity contribution in [3.63, 3.8) is 0 Å². The summed E-state index contributed by atoms with van der Waals surface area (Å²) in [6, 6.07) is 29.3. The predicted octanol–water partition coefficient (Wildman–Crippen LogP) is 7.47. The third-order valence-corrected chi connectivity index (χ3v) is 13.8. The lowest BCUT2D eigenvalue weighted by Crippen LogP contribution is -2.45. The van der Waals surface area contributed by atoms with Crippen LogP contribution < -0.4 is 14.5 Å². The SMILES string of the molecule is C[C@H]1[C@H]([Si](C)(C)F)[C@@H](CC(=O)N2CCC[C@H]2CO)O[C@]12C(=O)N(Cc1cccc(N3C(=O)c4ccccc4Oc4ccccc43)c1)c1ccccc12. The minimum absolute atomic E-state index is 0.0523. The molecule has 1 spiro atoms. The number of carbonyl (C=O) groups is 3. The number of hydrogen-bond donors (Lipinski definition) is 1. The first-order chi connectivity index (χ1) is 25.0. The number of benzene rings is 4. The van der Waals surface area contributed by atoms with E-state index < -0.39 is 31.6 Å². The van der Waals surface area contributed by atoms with Crippen molar-refractivity contribution in [3.8, 4) is 11.5 Å². The van der Waals surface area contributed by atoms with Gasteiger partial charge in [0.05, 0.1) is 48.7 Å². The highest BCUT2D eigenvalue weighted by Crippen LogP contribution is 2.60. The summed E-state index contributed by atoms with van der Waals surface area (Å²) in [6.07, 6.45) is 0.677. The minimum atomic E-state index is -3.48. The van der Waals surface area contributed by atoms with Crippen LogP contribution in [-0.2, 0) is 26.5 Å². The van der Waals surface area contributed by atoms with Crippen LogP contribution in [0.25, 0.3) is 0 Å². The number of likely N-dealkylation sites (tertiary alicyclic amines) is 1. The average Bonchev–Trinajstić information content (AvgIpc) is 3.77. The van der Waals surface area contributed by atoms with Crippen molar-refractivity contribution in [1.82, 2.24) is 4.90 Å². The van der Waals surface area contributed by atoms with E-state index in [0.717, 1.165) is 18.4 Å². The Morgan fingerprint density at radius 2 is 1.65 bits per heavy atom. The summed E-state index contributed by atoms with van der Waals surface area (Å²) in [5.41, 5.74) is 1.67.